The first-order valence-corrected chi connectivity index (χ1v) is 7.54. The van der Waals surface area contributed by atoms with E-state index >= 15 is 0 Å². The predicted octanol–water partition coefficient (Wildman–Crippen LogP) is 2.00. The molecule has 0 aliphatic heterocycles. The van der Waals surface area contributed by atoms with Gasteiger partial charge >= 0.3 is 5.97 Å². The van der Waals surface area contributed by atoms with E-state index in [9.17, 15) is 9.90 Å². The van der Waals surface area contributed by atoms with Crippen molar-refractivity contribution in [1.82, 2.24) is 20.1 Å². The lowest BCUT2D eigenvalue weighted by Crippen LogP contribution is -2.38. The first kappa shape index (κ1) is 15.3. The lowest BCUT2D eigenvalue weighted by molar-refractivity contribution is -0.139. The van der Waals surface area contributed by atoms with Crippen molar-refractivity contribution < 1.29 is 9.90 Å². The van der Waals surface area contributed by atoms with Crippen LogP contribution < -0.4 is 5.32 Å². The summed E-state index contributed by atoms with van der Waals surface area (Å²) in [7, 11) is 1.84. The molecule has 23 heavy (non-hydrogen) atoms. The van der Waals surface area contributed by atoms with E-state index in [2.05, 4.69) is 15.4 Å². The van der Waals surface area contributed by atoms with Crippen LogP contribution in [0, 0.1) is 6.92 Å². The van der Waals surface area contributed by atoms with Gasteiger partial charge in [-0.3, -0.25) is 14.8 Å². The number of benzene rings is 1. The molecule has 0 aliphatic rings. The first-order valence-electron chi connectivity index (χ1n) is 7.54. The summed E-state index contributed by atoms with van der Waals surface area (Å²) in [6, 6.07) is 5.41. The molecule has 3 rings (SSSR count). The Morgan fingerprint density at radius 2 is 2.30 bits per heavy atom. The molecule has 6 heteroatoms. The molecule has 0 fully saturated rings. The average molecular weight is 312 g/mol. The molecule has 120 valence electrons. The minimum absolute atomic E-state index is 0.430. The van der Waals surface area contributed by atoms with Crippen molar-refractivity contribution in [3.8, 4) is 0 Å². The molecule has 0 bridgehead atoms. The van der Waals surface area contributed by atoms with Crippen LogP contribution in [0.3, 0.4) is 0 Å². The summed E-state index contributed by atoms with van der Waals surface area (Å²) in [5, 5.41) is 17.8. The number of hydrogen-bond donors (Lipinski definition) is 3. The van der Waals surface area contributed by atoms with Crippen molar-refractivity contribution >= 4 is 16.9 Å². The smallest absolute Gasteiger partial charge is 0.321 e. The zero-order valence-corrected chi connectivity index (χ0v) is 13.2. The van der Waals surface area contributed by atoms with E-state index in [0.717, 1.165) is 27.6 Å². The van der Waals surface area contributed by atoms with E-state index in [1.165, 1.54) is 0 Å². The van der Waals surface area contributed by atoms with Crippen molar-refractivity contribution in [2.45, 2.75) is 25.9 Å². The molecule has 6 nitrogen and oxygen atoms in total. The number of aromatic amines is 1. The van der Waals surface area contributed by atoms with Crippen LogP contribution in [-0.4, -0.2) is 31.9 Å². The van der Waals surface area contributed by atoms with E-state index in [1.54, 1.807) is 10.9 Å². The fourth-order valence-electron chi connectivity index (χ4n) is 2.80. The fraction of sp³-hybridized carbons (Fsp3) is 0.294. The number of aliphatic carboxylic acids is 1. The Morgan fingerprint density at radius 1 is 1.48 bits per heavy atom. The number of H-pyrrole nitrogens is 1. The number of carbonyl (C=O) groups is 1. The second kappa shape index (κ2) is 6.26. The number of carboxylic acids is 1. The average Bonchev–Trinajstić information content (AvgIpc) is 3.10. The monoisotopic (exact) mass is 312 g/mol. The molecule has 2 aromatic heterocycles. The number of carboxylic acid groups (broad SMARTS) is 1. The number of fused-ring (bicyclic) bond motifs is 1. The molecule has 0 amide bonds. The molecular formula is C17H20N4O2. The third kappa shape index (κ3) is 3.27. The standard InChI is InChI=1S/C17H20N4O2/c1-11-4-3-5-14-13(9-19-16(11)14)6-15(17(22)23)18-7-12-8-20-21(2)10-12/h3-5,8-10,15,18-19H,6-7H2,1-2H3,(H,22,23). The van der Waals surface area contributed by atoms with Crippen LogP contribution in [0.2, 0.25) is 0 Å². The van der Waals surface area contributed by atoms with E-state index < -0.39 is 12.0 Å². The Balaban J connectivity index is 1.76. The van der Waals surface area contributed by atoms with Gasteiger partial charge in [0.05, 0.1) is 6.20 Å². The zero-order valence-electron chi connectivity index (χ0n) is 13.2. The van der Waals surface area contributed by atoms with Gasteiger partial charge < -0.3 is 10.1 Å². The zero-order chi connectivity index (χ0) is 16.4. The molecular weight excluding hydrogens is 292 g/mol. The van der Waals surface area contributed by atoms with Crippen molar-refractivity contribution in [1.29, 1.82) is 0 Å². The van der Waals surface area contributed by atoms with Gasteiger partial charge in [0.25, 0.3) is 0 Å². The van der Waals surface area contributed by atoms with Gasteiger partial charge in [0.1, 0.15) is 6.04 Å². The van der Waals surface area contributed by atoms with Crippen LogP contribution in [0.4, 0.5) is 0 Å². The quantitative estimate of drug-likeness (QED) is 0.650. The number of nitrogens with one attached hydrogen (secondary N) is 2. The molecule has 1 aromatic carbocycles. The lowest BCUT2D eigenvalue weighted by Gasteiger charge is -2.13. The lowest BCUT2D eigenvalue weighted by atomic mass is 10.0. The highest BCUT2D eigenvalue weighted by Crippen LogP contribution is 2.22. The Hall–Kier alpha value is -2.60. The van der Waals surface area contributed by atoms with Gasteiger partial charge in [0, 0.05) is 48.9 Å². The Kier molecular flexibility index (Phi) is 4.16. The summed E-state index contributed by atoms with van der Waals surface area (Å²) in [5.74, 6) is -0.851. The maximum Gasteiger partial charge on any atom is 0.321 e. The molecule has 3 aromatic rings. The predicted molar refractivity (Wildman–Crippen MR) is 88.2 cm³/mol. The third-order valence-electron chi connectivity index (χ3n) is 4.04. The highest BCUT2D eigenvalue weighted by Gasteiger charge is 2.19. The molecule has 1 atom stereocenters. The Bertz CT molecular complexity index is 834. The van der Waals surface area contributed by atoms with E-state index in [4.69, 9.17) is 0 Å². The first-order chi connectivity index (χ1) is 11.0. The van der Waals surface area contributed by atoms with Crippen molar-refractivity contribution in [3.63, 3.8) is 0 Å². The number of aromatic nitrogens is 3. The Morgan fingerprint density at radius 3 is 3.00 bits per heavy atom. The van der Waals surface area contributed by atoms with Gasteiger partial charge in [-0.2, -0.15) is 5.10 Å². The summed E-state index contributed by atoms with van der Waals surface area (Å²) in [4.78, 5) is 14.8. The maximum absolute atomic E-state index is 11.6. The van der Waals surface area contributed by atoms with Crippen LogP contribution in [0.15, 0.2) is 36.8 Å². The van der Waals surface area contributed by atoms with Gasteiger partial charge in [0.2, 0.25) is 0 Å². The normalized spacial score (nSPS) is 12.6. The summed E-state index contributed by atoms with van der Waals surface area (Å²) in [5.41, 5.74) is 4.20. The summed E-state index contributed by atoms with van der Waals surface area (Å²) >= 11 is 0. The second-order valence-corrected chi connectivity index (χ2v) is 5.81. The highest BCUT2D eigenvalue weighted by molar-refractivity contribution is 5.86. The molecule has 0 spiro atoms. The van der Waals surface area contributed by atoms with E-state index in [1.807, 2.05) is 44.6 Å². The van der Waals surface area contributed by atoms with Crippen LogP contribution >= 0.6 is 0 Å². The van der Waals surface area contributed by atoms with Gasteiger partial charge in [-0.25, -0.2) is 0 Å². The molecule has 3 N–H and O–H groups in total. The number of hydrogen-bond acceptors (Lipinski definition) is 3. The Labute approximate surface area is 134 Å². The molecule has 0 aliphatic carbocycles. The molecule has 0 radical (unpaired) electrons. The largest absolute Gasteiger partial charge is 0.480 e. The van der Waals surface area contributed by atoms with Crippen LogP contribution in [0.25, 0.3) is 10.9 Å². The van der Waals surface area contributed by atoms with Gasteiger partial charge in [-0.05, 0) is 18.1 Å². The minimum Gasteiger partial charge on any atom is -0.480 e. The van der Waals surface area contributed by atoms with Gasteiger partial charge in [0.15, 0.2) is 0 Å². The van der Waals surface area contributed by atoms with E-state index in [0.29, 0.717) is 13.0 Å². The number of rotatable bonds is 6. The minimum atomic E-state index is -0.851. The van der Waals surface area contributed by atoms with Crippen molar-refractivity contribution in [3.05, 3.63) is 53.5 Å². The maximum atomic E-state index is 11.6. The number of nitrogens with zero attached hydrogens (tertiary/aromatic N) is 2. The molecule has 2 heterocycles. The highest BCUT2D eigenvalue weighted by atomic mass is 16.4. The summed E-state index contributed by atoms with van der Waals surface area (Å²) in [6.45, 7) is 2.52. The van der Waals surface area contributed by atoms with Gasteiger partial charge in [-0.1, -0.05) is 18.2 Å². The number of para-hydroxylation sites is 1. The van der Waals surface area contributed by atoms with Crippen LogP contribution in [0.1, 0.15) is 16.7 Å². The second-order valence-electron chi connectivity index (χ2n) is 5.81. The van der Waals surface area contributed by atoms with Crippen LogP contribution in [0.5, 0.6) is 0 Å². The van der Waals surface area contributed by atoms with Crippen molar-refractivity contribution in [2.75, 3.05) is 0 Å². The van der Waals surface area contributed by atoms with Crippen LogP contribution in [-0.2, 0) is 24.8 Å². The summed E-state index contributed by atoms with van der Waals surface area (Å²) in [6.07, 6.45) is 5.94. The number of aryl methyl sites for hydroxylation is 2. The third-order valence-corrected chi connectivity index (χ3v) is 4.04. The molecule has 0 saturated heterocycles. The summed E-state index contributed by atoms with van der Waals surface area (Å²) < 4.78 is 1.70. The SMILES string of the molecule is Cc1cccc2c(CC(NCc3cnn(C)c3)C(=O)O)c[nH]c12. The van der Waals surface area contributed by atoms with E-state index in [-0.39, 0.29) is 0 Å². The van der Waals surface area contributed by atoms with Crippen molar-refractivity contribution in [2.24, 2.45) is 7.05 Å². The van der Waals surface area contributed by atoms with Gasteiger partial charge in [-0.15, -0.1) is 0 Å². The molecule has 0 saturated carbocycles. The topological polar surface area (TPSA) is 82.9 Å². The molecule has 1 unspecified atom stereocenters. The fourth-order valence-corrected chi connectivity index (χ4v) is 2.80.